The first-order valence-corrected chi connectivity index (χ1v) is 9.48. The van der Waals surface area contributed by atoms with Crippen LogP contribution in [0.25, 0.3) is 0 Å². The Balaban J connectivity index is 1.98. The van der Waals surface area contributed by atoms with Crippen molar-refractivity contribution in [2.45, 2.75) is 11.3 Å². The molecule has 8 nitrogen and oxygen atoms in total. The molecule has 0 bridgehead atoms. The second-order valence-electron chi connectivity index (χ2n) is 5.74. The molecule has 1 unspecified atom stereocenters. The third-order valence-corrected chi connectivity index (χ3v) is 5.40. The molecule has 2 aromatic carbocycles. The van der Waals surface area contributed by atoms with Gasteiger partial charge in [0.1, 0.15) is 0 Å². The van der Waals surface area contributed by atoms with Gasteiger partial charge in [-0.2, -0.15) is 0 Å². The molecule has 0 radical (unpaired) electrons. The highest BCUT2D eigenvalue weighted by Crippen LogP contribution is 2.25. The van der Waals surface area contributed by atoms with Crippen molar-refractivity contribution < 1.29 is 32.4 Å². The normalized spacial score (nSPS) is 17.1. The quantitative estimate of drug-likeness (QED) is 0.593. The van der Waals surface area contributed by atoms with E-state index in [4.69, 9.17) is 9.57 Å². The fourth-order valence-corrected chi connectivity index (χ4v) is 3.59. The summed E-state index contributed by atoms with van der Waals surface area (Å²) in [6.45, 7) is 0.346. The summed E-state index contributed by atoms with van der Waals surface area (Å²) < 4.78 is 44.8. The molecule has 144 valence electrons. The molecule has 0 aromatic heterocycles. The third kappa shape index (κ3) is 4.08. The molecule has 1 fully saturated rings. The van der Waals surface area contributed by atoms with Crippen LogP contribution in [0.3, 0.4) is 0 Å². The van der Waals surface area contributed by atoms with Gasteiger partial charge in [-0.3, -0.25) is 10.0 Å². The molecule has 1 N–H and O–H groups in total. The summed E-state index contributed by atoms with van der Waals surface area (Å²) in [6.07, 6.45) is 0.314. The number of nitrogens with zero attached hydrogens (tertiary/aromatic N) is 2. The van der Waals surface area contributed by atoms with Crippen molar-refractivity contribution in [3.63, 3.8) is 0 Å². The number of amides is 1. The number of rotatable bonds is 6. The second-order valence-corrected chi connectivity index (χ2v) is 7.47. The van der Waals surface area contributed by atoms with Gasteiger partial charge in [0, 0.05) is 6.61 Å². The molecule has 1 aliphatic rings. The van der Waals surface area contributed by atoms with Crippen molar-refractivity contribution in [3.8, 4) is 5.75 Å². The molecule has 1 atom stereocenters. The molecule has 1 saturated heterocycles. The lowest BCUT2D eigenvalue weighted by atomic mass is 10.1. The van der Waals surface area contributed by atoms with E-state index in [9.17, 15) is 22.8 Å². The van der Waals surface area contributed by atoms with E-state index in [1.165, 1.54) is 42.5 Å². The minimum absolute atomic E-state index is 0.0264. The predicted molar refractivity (Wildman–Crippen MR) is 90.1 cm³/mol. The maximum absolute atomic E-state index is 14.0. The van der Waals surface area contributed by atoms with Crippen LogP contribution in [0.2, 0.25) is 0 Å². The van der Waals surface area contributed by atoms with Crippen molar-refractivity contribution in [3.05, 3.63) is 60.4 Å². The van der Waals surface area contributed by atoms with Crippen LogP contribution in [-0.2, 0) is 19.6 Å². The highest BCUT2D eigenvalue weighted by atomic mass is 32.2. The zero-order chi connectivity index (χ0) is 19.4. The van der Waals surface area contributed by atoms with Crippen molar-refractivity contribution in [2.75, 3.05) is 13.2 Å². The number of hydroxylamine groups is 1. The van der Waals surface area contributed by atoms with E-state index in [2.05, 4.69) is 0 Å². The van der Waals surface area contributed by atoms with E-state index in [1.807, 2.05) is 0 Å². The first-order valence-electron chi connectivity index (χ1n) is 8.04. The lowest BCUT2D eigenvalue weighted by Gasteiger charge is -2.28. The van der Waals surface area contributed by atoms with Crippen molar-refractivity contribution in [2.24, 2.45) is 5.92 Å². The predicted octanol–water partition coefficient (Wildman–Crippen LogP) is 1.98. The molecule has 0 spiro atoms. The summed E-state index contributed by atoms with van der Waals surface area (Å²) in [5, 5.41) is 10.2. The molecule has 1 heterocycles. The van der Waals surface area contributed by atoms with E-state index in [0.717, 1.165) is 6.07 Å². The van der Waals surface area contributed by atoms with Crippen LogP contribution in [0.4, 0.5) is 4.39 Å². The zero-order valence-electron chi connectivity index (χ0n) is 14.1. The minimum Gasteiger partial charge on any atom is -0.381 e. The molecular formula is C17H17FN2O6S. The maximum atomic E-state index is 14.0. The topological polar surface area (TPSA) is 96.4 Å². The SMILES string of the molecule is O=C(C1CCOC1)N(O)N(Oc1ccccc1F)S(=O)(=O)c1ccccc1. The summed E-state index contributed by atoms with van der Waals surface area (Å²) >= 11 is 0. The Morgan fingerprint density at radius 2 is 1.81 bits per heavy atom. The standard InChI is InChI=1S/C17H17FN2O6S/c18-15-8-4-5-9-16(15)26-20(19(22)17(21)13-10-11-25-12-13)27(23,24)14-6-2-1-3-7-14/h1-9,13,22H,10-12H2. The van der Waals surface area contributed by atoms with Crippen LogP contribution in [-0.4, -0.2) is 42.5 Å². The van der Waals surface area contributed by atoms with E-state index in [0.29, 0.717) is 13.0 Å². The Morgan fingerprint density at radius 3 is 2.44 bits per heavy atom. The lowest BCUT2D eigenvalue weighted by molar-refractivity contribution is -0.283. The van der Waals surface area contributed by atoms with Crippen LogP contribution in [0, 0.1) is 11.7 Å². The van der Waals surface area contributed by atoms with Gasteiger partial charge in [-0.1, -0.05) is 35.5 Å². The highest BCUT2D eigenvalue weighted by Gasteiger charge is 2.39. The Kier molecular flexibility index (Phi) is 5.71. The number of halogens is 1. The molecule has 10 heteroatoms. The van der Waals surface area contributed by atoms with E-state index in [-0.39, 0.29) is 21.3 Å². The van der Waals surface area contributed by atoms with E-state index in [1.54, 1.807) is 6.07 Å². The number of carbonyl (C=O) groups is 1. The number of ether oxygens (including phenoxy) is 1. The number of carbonyl (C=O) groups excluding carboxylic acids is 1. The van der Waals surface area contributed by atoms with Gasteiger partial charge in [0.25, 0.3) is 15.9 Å². The molecule has 1 aliphatic heterocycles. The molecule has 1 amide bonds. The fourth-order valence-electron chi connectivity index (χ4n) is 2.45. The molecule has 0 saturated carbocycles. The van der Waals surface area contributed by atoms with Crippen LogP contribution in [0.5, 0.6) is 5.75 Å². The lowest BCUT2D eigenvalue weighted by Crippen LogP contribution is -2.51. The Morgan fingerprint density at radius 1 is 1.15 bits per heavy atom. The number of hydrazine groups is 1. The first kappa shape index (κ1) is 19.2. The smallest absolute Gasteiger partial charge is 0.294 e. The summed E-state index contributed by atoms with van der Waals surface area (Å²) in [5.74, 6) is -3.03. The Hall–Kier alpha value is -2.53. The summed E-state index contributed by atoms with van der Waals surface area (Å²) in [5.41, 5.74) is 0. The summed E-state index contributed by atoms with van der Waals surface area (Å²) in [7, 11) is -4.53. The van der Waals surface area contributed by atoms with Gasteiger partial charge in [-0.15, -0.1) is 0 Å². The highest BCUT2D eigenvalue weighted by molar-refractivity contribution is 7.89. The molecule has 2 aromatic rings. The van der Waals surface area contributed by atoms with Gasteiger partial charge in [-0.25, -0.2) is 12.8 Å². The average molecular weight is 396 g/mol. The zero-order valence-corrected chi connectivity index (χ0v) is 14.9. The van der Waals surface area contributed by atoms with Crippen molar-refractivity contribution >= 4 is 15.9 Å². The van der Waals surface area contributed by atoms with Gasteiger partial charge in [0.15, 0.2) is 11.6 Å². The molecular weight excluding hydrogens is 379 g/mol. The average Bonchev–Trinajstić information content (AvgIpc) is 3.21. The summed E-state index contributed by atoms with van der Waals surface area (Å²) in [6, 6.07) is 12.0. The number of sulfonamides is 1. The number of hydrogen-bond acceptors (Lipinski definition) is 6. The van der Waals surface area contributed by atoms with Crippen LogP contribution >= 0.6 is 0 Å². The molecule has 3 rings (SSSR count). The van der Waals surface area contributed by atoms with Gasteiger partial charge in [-0.05, 0) is 30.7 Å². The van der Waals surface area contributed by atoms with Crippen LogP contribution in [0.15, 0.2) is 59.5 Å². The van der Waals surface area contributed by atoms with Crippen LogP contribution in [0.1, 0.15) is 6.42 Å². The summed E-state index contributed by atoms with van der Waals surface area (Å²) in [4.78, 5) is 17.3. The Labute approximate surface area is 155 Å². The number of para-hydroxylation sites is 1. The van der Waals surface area contributed by atoms with Crippen molar-refractivity contribution in [1.82, 2.24) is 9.75 Å². The molecule has 27 heavy (non-hydrogen) atoms. The van der Waals surface area contributed by atoms with Gasteiger partial charge < -0.3 is 9.57 Å². The van der Waals surface area contributed by atoms with Gasteiger partial charge in [0.05, 0.1) is 22.0 Å². The minimum atomic E-state index is -4.53. The molecule has 0 aliphatic carbocycles. The fraction of sp³-hybridized carbons (Fsp3) is 0.235. The maximum Gasteiger partial charge on any atom is 0.294 e. The van der Waals surface area contributed by atoms with Gasteiger partial charge >= 0.3 is 0 Å². The van der Waals surface area contributed by atoms with Crippen molar-refractivity contribution in [1.29, 1.82) is 0 Å². The monoisotopic (exact) mass is 396 g/mol. The number of hydrogen-bond donors (Lipinski definition) is 1. The van der Waals surface area contributed by atoms with Crippen LogP contribution < -0.4 is 4.84 Å². The Bertz CT molecular complexity index is 903. The third-order valence-electron chi connectivity index (χ3n) is 3.89. The van der Waals surface area contributed by atoms with E-state index < -0.39 is 33.4 Å². The van der Waals surface area contributed by atoms with Gasteiger partial charge in [0.2, 0.25) is 0 Å². The first-order chi connectivity index (χ1) is 12.9. The largest absolute Gasteiger partial charge is 0.381 e. The number of benzene rings is 2. The second kappa shape index (κ2) is 8.01. The van der Waals surface area contributed by atoms with E-state index >= 15 is 0 Å².